The van der Waals surface area contributed by atoms with Crippen LogP contribution in [-0.2, 0) is 6.54 Å². The minimum atomic E-state index is -0.322. The molecule has 4 N–H and O–H groups in total. The average Bonchev–Trinajstić information content (AvgIpc) is 2.93. The zero-order chi connectivity index (χ0) is 26.1. The molecule has 8 nitrogen and oxygen atoms in total. The zero-order valence-corrected chi connectivity index (χ0v) is 22.5. The van der Waals surface area contributed by atoms with E-state index in [0.717, 1.165) is 67.1 Å². The van der Waals surface area contributed by atoms with Crippen LogP contribution in [0.3, 0.4) is 0 Å². The Balaban J connectivity index is 1.08. The number of aliphatic hydroxyl groups is 1. The molecule has 1 heterocycles. The third kappa shape index (κ3) is 5.28. The summed E-state index contributed by atoms with van der Waals surface area (Å²) in [5.74, 6) is 4.18. The highest BCUT2D eigenvalue weighted by molar-refractivity contribution is 6.00. The Morgan fingerprint density at radius 3 is 2.58 bits per heavy atom. The van der Waals surface area contributed by atoms with Crippen molar-refractivity contribution in [1.82, 2.24) is 16.0 Å². The minimum absolute atomic E-state index is 0.0947. The van der Waals surface area contributed by atoms with Crippen LogP contribution in [0.5, 0.6) is 5.75 Å². The molecular weight excluding hydrogens is 476 g/mol. The summed E-state index contributed by atoms with van der Waals surface area (Å²) in [6, 6.07) is 11.6. The van der Waals surface area contributed by atoms with E-state index in [-0.39, 0.29) is 12.0 Å². The largest absolute Gasteiger partial charge is 0.496 e. The lowest BCUT2D eigenvalue weighted by molar-refractivity contribution is -0.0775. The number of hydrogen-bond acceptors (Lipinski definition) is 8. The molecule has 1 aromatic rings. The van der Waals surface area contributed by atoms with Gasteiger partial charge >= 0.3 is 0 Å². The summed E-state index contributed by atoms with van der Waals surface area (Å²) in [4.78, 5) is 9.31. The van der Waals surface area contributed by atoms with Gasteiger partial charge in [0, 0.05) is 30.7 Å². The lowest BCUT2D eigenvalue weighted by Crippen LogP contribution is -2.62. The molecule has 5 saturated carbocycles. The number of ether oxygens (including phenoxy) is 1. The first-order chi connectivity index (χ1) is 18.5. The molecule has 6 atom stereocenters. The van der Waals surface area contributed by atoms with Crippen LogP contribution in [0.25, 0.3) is 0 Å². The molecule has 4 bridgehead atoms. The fourth-order valence-electron chi connectivity index (χ4n) is 8.35. The van der Waals surface area contributed by atoms with Gasteiger partial charge in [-0.2, -0.15) is 10.3 Å². The molecule has 8 heteroatoms. The number of nitrogens with zero attached hydrogens (tertiary/aromatic N) is 3. The maximum absolute atomic E-state index is 9.91. The monoisotopic (exact) mass is 518 g/mol. The fraction of sp³-hybridized carbons (Fsp3) is 0.700. The van der Waals surface area contributed by atoms with Gasteiger partial charge in [-0.1, -0.05) is 18.2 Å². The first-order valence-corrected chi connectivity index (χ1v) is 14.6. The molecule has 1 aromatic carbocycles. The van der Waals surface area contributed by atoms with Gasteiger partial charge in [-0.15, -0.1) is 0 Å². The van der Waals surface area contributed by atoms with E-state index in [1.54, 1.807) is 7.11 Å². The number of benzene rings is 1. The molecule has 0 aromatic heterocycles. The average molecular weight is 519 g/mol. The molecule has 0 amide bonds. The van der Waals surface area contributed by atoms with Gasteiger partial charge in [0.05, 0.1) is 25.8 Å². The second-order valence-corrected chi connectivity index (χ2v) is 12.5. The highest BCUT2D eigenvalue weighted by atomic mass is 16.5. The third-order valence-electron chi connectivity index (χ3n) is 9.93. The van der Waals surface area contributed by atoms with Gasteiger partial charge in [-0.3, -0.25) is 0 Å². The molecule has 7 rings (SSSR count). The standard InChI is InChI=1S/C30H42N6O2/c1-38-26-5-3-2-4-20(26)16-32-29-33-17-23(15-31)28(36-29)34-18-30-12-19-10-21(13-30)27(22(11-19)14-30)35-24-6-8-25(37)9-7-24/h2-5,19,21-25,27,35,37H,6-14,16-18H2,1H3,(H2,32,33,34,36)/t19?,21-,22+,23?,24-,25-,27-,30-. The van der Waals surface area contributed by atoms with E-state index in [4.69, 9.17) is 9.73 Å². The van der Waals surface area contributed by atoms with Crippen molar-refractivity contribution in [2.75, 3.05) is 20.2 Å². The van der Waals surface area contributed by atoms with Crippen LogP contribution in [0.4, 0.5) is 0 Å². The second-order valence-electron chi connectivity index (χ2n) is 12.5. The van der Waals surface area contributed by atoms with Gasteiger partial charge in [0.25, 0.3) is 0 Å². The number of guanidine groups is 1. The third-order valence-corrected chi connectivity index (χ3v) is 9.93. The van der Waals surface area contributed by atoms with E-state index in [2.05, 4.69) is 27.0 Å². The van der Waals surface area contributed by atoms with Gasteiger partial charge in [0.15, 0.2) is 0 Å². The van der Waals surface area contributed by atoms with Crippen LogP contribution in [0.1, 0.15) is 63.4 Å². The summed E-state index contributed by atoms with van der Waals surface area (Å²) in [6.07, 6.45) is 10.5. The van der Waals surface area contributed by atoms with Crippen molar-refractivity contribution >= 4 is 11.8 Å². The lowest BCUT2D eigenvalue weighted by Gasteiger charge is -2.61. The molecule has 38 heavy (non-hydrogen) atoms. The number of amidine groups is 1. The molecule has 5 aliphatic carbocycles. The Morgan fingerprint density at radius 2 is 1.84 bits per heavy atom. The van der Waals surface area contributed by atoms with Crippen molar-refractivity contribution < 1.29 is 9.84 Å². The van der Waals surface area contributed by atoms with Crippen molar-refractivity contribution in [1.29, 1.82) is 5.26 Å². The summed E-state index contributed by atoms with van der Waals surface area (Å²) >= 11 is 0. The first-order valence-electron chi connectivity index (χ1n) is 14.6. The quantitative estimate of drug-likeness (QED) is 0.440. The molecule has 5 fully saturated rings. The summed E-state index contributed by atoms with van der Waals surface area (Å²) in [5, 5.41) is 30.8. The topological polar surface area (TPSA) is 114 Å². The Kier molecular flexibility index (Phi) is 7.33. The molecule has 0 spiro atoms. The first kappa shape index (κ1) is 25.6. The molecule has 1 aliphatic heterocycles. The van der Waals surface area contributed by atoms with E-state index < -0.39 is 0 Å². The Morgan fingerprint density at radius 1 is 1.08 bits per heavy atom. The smallest absolute Gasteiger partial charge is 0.220 e. The van der Waals surface area contributed by atoms with Crippen LogP contribution in [0.15, 0.2) is 34.3 Å². The highest BCUT2D eigenvalue weighted by Gasteiger charge is 2.55. The van der Waals surface area contributed by atoms with Crippen LogP contribution in [0.2, 0.25) is 0 Å². The molecule has 204 valence electrons. The van der Waals surface area contributed by atoms with E-state index in [1.807, 2.05) is 24.3 Å². The second kappa shape index (κ2) is 10.9. The molecule has 0 saturated heterocycles. The number of nitrogens with one attached hydrogen (secondary N) is 3. The Hall–Kier alpha value is -2.63. The predicted molar refractivity (Wildman–Crippen MR) is 148 cm³/mol. The Labute approximate surface area is 226 Å². The fourth-order valence-corrected chi connectivity index (χ4v) is 8.35. The SMILES string of the molecule is COc1ccccc1CNC1=NCC(C#N)C(NC[C@]23CC4C[C@H](C2)[C@@H](N[C@H]2CC[C@H](O)CC2)[C@@H](C4)C3)=N1. The molecule has 0 radical (unpaired) electrons. The maximum atomic E-state index is 9.91. The van der Waals surface area contributed by atoms with E-state index >= 15 is 0 Å². The van der Waals surface area contributed by atoms with E-state index in [0.29, 0.717) is 36.5 Å². The molecular formula is C30H42N6O2. The molecule has 2 unspecified atom stereocenters. The van der Waals surface area contributed by atoms with Crippen molar-refractivity contribution in [3.05, 3.63) is 29.8 Å². The summed E-state index contributed by atoms with van der Waals surface area (Å²) in [7, 11) is 1.68. The summed E-state index contributed by atoms with van der Waals surface area (Å²) < 4.78 is 5.46. The van der Waals surface area contributed by atoms with Crippen molar-refractivity contribution in [2.24, 2.45) is 39.1 Å². The lowest BCUT2D eigenvalue weighted by atomic mass is 9.47. The van der Waals surface area contributed by atoms with E-state index in [9.17, 15) is 10.4 Å². The zero-order valence-electron chi connectivity index (χ0n) is 22.5. The number of aliphatic imine (C=N–C) groups is 2. The number of rotatable bonds is 7. The number of para-hydroxylation sites is 1. The number of aliphatic hydroxyl groups excluding tert-OH is 1. The number of hydrogen-bond donors (Lipinski definition) is 4. The Bertz CT molecular complexity index is 1090. The normalized spacial score (nSPS) is 37.7. The summed E-state index contributed by atoms with van der Waals surface area (Å²) in [5.41, 5.74) is 1.35. The van der Waals surface area contributed by atoms with Crippen LogP contribution in [0, 0.1) is 40.4 Å². The van der Waals surface area contributed by atoms with Gasteiger partial charge in [-0.05, 0) is 87.0 Å². The van der Waals surface area contributed by atoms with Gasteiger partial charge < -0.3 is 25.8 Å². The maximum Gasteiger partial charge on any atom is 0.220 e. The van der Waals surface area contributed by atoms with Gasteiger partial charge in [0.1, 0.15) is 17.5 Å². The van der Waals surface area contributed by atoms with Crippen LogP contribution < -0.4 is 20.7 Å². The van der Waals surface area contributed by atoms with Crippen molar-refractivity contribution in [3.8, 4) is 11.8 Å². The number of methoxy groups -OCH3 is 1. The minimum Gasteiger partial charge on any atom is -0.496 e. The summed E-state index contributed by atoms with van der Waals surface area (Å²) in [6.45, 7) is 1.90. The highest BCUT2D eigenvalue weighted by Crippen LogP contribution is 2.60. The van der Waals surface area contributed by atoms with Gasteiger partial charge in [0.2, 0.25) is 5.96 Å². The van der Waals surface area contributed by atoms with Crippen LogP contribution in [-0.4, -0.2) is 55.3 Å². The van der Waals surface area contributed by atoms with Crippen LogP contribution >= 0.6 is 0 Å². The van der Waals surface area contributed by atoms with Gasteiger partial charge in [-0.25, -0.2) is 4.99 Å². The predicted octanol–water partition coefficient (Wildman–Crippen LogP) is 3.37. The van der Waals surface area contributed by atoms with Crippen molar-refractivity contribution in [2.45, 2.75) is 82.5 Å². The number of nitriles is 1. The van der Waals surface area contributed by atoms with Crippen molar-refractivity contribution in [3.63, 3.8) is 0 Å². The van der Waals surface area contributed by atoms with E-state index in [1.165, 1.54) is 32.1 Å². The molecule has 6 aliphatic rings.